The Kier molecular flexibility index (Phi) is 6.91. The van der Waals surface area contributed by atoms with Gasteiger partial charge in [-0.15, -0.1) is 0 Å². The molecule has 6 heteroatoms. The van der Waals surface area contributed by atoms with Crippen LogP contribution in [0, 0.1) is 0 Å². The summed E-state index contributed by atoms with van der Waals surface area (Å²) in [6.45, 7) is 2.10. The van der Waals surface area contributed by atoms with Crippen molar-refractivity contribution in [1.82, 2.24) is 10.6 Å². The number of benzene rings is 2. The maximum Gasteiger partial charge on any atom is 0.325 e. The highest BCUT2D eigenvalue weighted by Gasteiger charge is 2.08. The number of nitrogens with zero attached hydrogens (tertiary/aromatic N) is 1. The van der Waals surface area contributed by atoms with E-state index in [1.165, 1.54) is 0 Å². The molecule has 0 aliphatic rings. The monoisotopic (exact) mass is 341 g/mol. The van der Waals surface area contributed by atoms with Gasteiger partial charge in [0.15, 0.2) is 5.11 Å². The number of hydrogen-bond acceptors (Lipinski definition) is 4. The van der Waals surface area contributed by atoms with E-state index in [2.05, 4.69) is 15.6 Å². The molecule has 0 fully saturated rings. The Morgan fingerprint density at radius 2 is 1.71 bits per heavy atom. The van der Waals surface area contributed by atoms with Crippen LogP contribution < -0.4 is 10.6 Å². The lowest BCUT2D eigenvalue weighted by atomic mass is 10.2. The van der Waals surface area contributed by atoms with Crippen LogP contribution in [0.4, 0.5) is 5.69 Å². The minimum Gasteiger partial charge on any atom is -0.465 e. The highest BCUT2D eigenvalue weighted by Crippen LogP contribution is 2.12. The summed E-state index contributed by atoms with van der Waals surface area (Å²) in [5.74, 6) is 0.242. The van der Waals surface area contributed by atoms with Crippen LogP contribution in [0.5, 0.6) is 0 Å². The number of para-hydroxylation sites is 1. The summed E-state index contributed by atoms with van der Waals surface area (Å²) in [4.78, 5) is 16.0. The first kappa shape index (κ1) is 17.6. The fourth-order valence-corrected chi connectivity index (χ4v) is 2.08. The molecule has 0 aliphatic carbocycles. The van der Waals surface area contributed by atoms with Crippen molar-refractivity contribution < 1.29 is 9.53 Å². The Morgan fingerprint density at radius 3 is 2.33 bits per heavy atom. The van der Waals surface area contributed by atoms with Gasteiger partial charge in [-0.2, -0.15) is 0 Å². The van der Waals surface area contributed by atoms with Gasteiger partial charge in [0.25, 0.3) is 0 Å². The maximum atomic E-state index is 11.4. The van der Waals surface area contributed by atoms with Crippen LogP contribution in [0.2, 0.25) is 0 Å². The molecular weight excluding hydrogens is 322 g/mol. The molecule has 0 radical (unpaired) electrons. The average Bonchev–Trinajstić information content (AvgIpc) is 2.61. The predicted molar refractivity (Wildman–Crippen MR) is 99.5 cm³/mol. The van der Waals surface area contributed by atoms with Crippen molar-refractivity contribution in [3.63, 3.8) is 0 Å². The molecule has 24 heavy (non-hydrogen) atoms. The van der Waals surface area contributed by atoms with Gasteiger partial charge in [-0.1, -0.05) is 48.5 Å². The molecule has 2 aromatic rings. The largest absolute Gasteiger partial charge is 0.465 e. The highest BCUT2D eigenvalue weighted by molar-refractivity contribution is 7.80. The first-order valence-electron chi connectivity index (χ1n) is 7.58. The number of thiocarbonyl (C=S) groups is 1. The fraction of sp³-hybridized carbons (Fsp3) is 0.167. The zero-order valence-corrected chi connectivity index (χ0v) is 14.2. The third kappa shape index (κ3) is 5.81. The molecule has 0 bridgehead atoms. The molecule has 2 N–H and O–H groups in total. The van der Waals surface area contributed by atoms with Crippen LogP contribution in [0.15, 0.2) is 65.7 Å². The molecule has 0 aromatic heterocycles. The van der Waals surface area contributed by atoms with Crippen molar-refractivity contribution in [3.05, 3.63) is 66.2 Å². The van der Waals surface area contributed by atoms with Crippen molar-refractivity contribution in [1.29, 1.82) is 0 Å². The number of carbonyl (C=O) groups is 1. The number of ether oxygens (including phenoxy) is 1. The molecule has 2 rings (SSSR count). The Bertz CT molecular complexity index is 703. The van der Waals surface area contributed by atoms with Gasteiger partial charge in [0.05, 0.1) is 12.3 Å². The van der Waals surface area contributed by atoms with E-state index in [0.717, 1.165) is 11.3 Å². The summed E-state index contributed by atoms with van der Waals surface area (Å²) in [6.07, 6.45) is 0. The summed E-state index contributed by atoms with van der Waals surface area (Å²) < 4.78 is 4.86. The van der Waals surface area contributed by atoms with Crippen molar-refractivity contribution in [2.75, 3.05) is 13.2 Å². The lowest BCUT2D eigenvalue weighted by Crippen LogP contribution is -2.42. The van der Waals surface area contributed by atoms with Gasteiger partial charge in [0.1, 0.15) is 12.4 Å². The number of carbonyl (C=O) groups excluding carboxylic acids is 1. The summed E-state index contributed by atoms with van der Waals surface area (Å²) in [5, 5.41) is 6.17. The summed E-state index contributed by atoms with van der Waals surface area (Å²) in [7, 11) is 0. The van der Waals surface area contributed by atoms with Gasteiger partial charge in [0.2, 0.25) is 0 Å². The molecule has 5 nitrogen and oxygen atoms in total. The van der Waals surface area contributed by atoms with E-state index in [0.29, 0.717) is 17.6 Å². The van der Waals surface area contributed by atoms with E-state index in [1.54, 1.807) is 6.92 Å². The number of hydrogen-bond donors (Lipinski definition) is 2. The molecule has 2 aromatic carbocycles. The Hall–Kier alpha value is -2.73. The average molecular weight is 341 g/mol. The van der Waals surface area contributed by atoms with Gasteiger partial charge in [-0.05, 0) is 31.3 Å². The van der Waals surface area contributed by atoms with E-state index < -0.39 is 0 Å². The smallest absolute Gasteiger partial charge is 0.325 e. The Labute approximate surface area is 146 Å². The normalized spacial score (nSPS) is 10.8. The van der Waals surface area contributed by atoms with Crippen molar-refractivity contribution in [2.45, 2.75) is 6.92 Å². The fourth-order valence-electron chi connectivity index (χ4n) is 1.91. The minimum atomic E-state index is -0.358. The summed E-state index contributed by atoms with van der Waals surface area (Å²) in [6, 6.07) is 19.2. The number of rotatable bonds is 5. The molecule has 0 saturated carbocycles. The number of aliphatic imine (C=N–C) groups is 1. The minimum absolute atomic E-state index is 0.00702. The second-order valence-corrected chi connectivity index (χ2v) is 5.18. The van der Waals surface area contributed by atoms with E-state index >= 15 is 0 Å². The van der Waals surface area contributed by atoms with E-state index in [4.69, 9.17) is 17.0 Å². The Balaban J connectivity index is 2.11. The lowest BCUT2D eigenvalue weighted by Gasteiger charge is -2.13. The molecule has 0 atom stereocenters. The third-order valence-electron chi connectivity index (χ3n) is 2.97. The summed E-state index contributed by atoms with van der Waals surface area (Å²) >= 11 is 5.24. The lowest BCUT2D eigenvalue weighted by molar-refractivity contribution is -0.141. The first-order valence-corrected chi connectivity index (χ1v) is 7.99. The predicted octanol–water partition coefficient (Wildman–Crippen LogP) is 2.79. The van der Waals surface area contributed by atoms with Crippen LogP contribution in [0.1, 0.15) is 12.5 Å². The molecule has 0 unspecified atom stereocenters. The van der Waals surface area contributed by atoms with Gasteiger partial charge < -0.3 is 15.4 Å². The molecule has 0 heterocycles. The first-order chi connectivity index (χ1) is 11.7. The van der Waals surface area contributed by atoms with Crippen LogP contribution in [-0.2, 0) is 9.53 Å². The zero-order chi connectivity index (χ0) is 17.2. The quantitative estimate of drug-likeness (QED) is 0.379. The SMILES string of the molecule is CCOC(=O)CNC(=S)N/C(=N\c1ccccc1)c1ccccc1. The molecule has 0 spiro atoms. The van der Waals surface area contributed by atoms with E-state index in [-0.39, 0.29) is 12.5 Å². The van der Waals surface area contributed by atoms with E-state index in [1.807, 2.05) is 60.7 Å². The number of nitrogens with one attached hydrogen (secondary N) is 2. The molecule has 0 saturated heterocycles. The Morgan fingerprint density at radius 1 is 1.08 bits per heavy atom. The number of esters is 1. The molecular formula is C18H19N3O2S. The molecule has 124 valence electrons. The van der Waals surface area contributed by atoms with Gasteiger partial charge >= 0.3 is 5.97 Å². The second-order valence-electron chi connectivity index (χ2n) is 4.77. The number of amidine groups is 1. The van der Waals surface area contributed by atoms with Crippen molar-refractivity contribution in [2.24, 2.45) is 4.99 Å². The second kappa shape index (κ2) is 9.42. The van der Waals surface area contributed by atoms with Crippen LogP contribution in [0.25, 0.3) is 0 Å². The summed E-state index contributed by atoms with van der Waals surface area (Å²) in [5.41, 5.74) is 1.69. The van der Waals surface area contributed by atoms with Crippen molar-refractivity contribution >= 4 is 34.8 Å². The van der Waals surface area contributed by atoms with Crippen molar-refractivity contribution in [3.8, 4) is 0 Å². The maximum absolute atomic E-state index is 11.4. The third-order valence-corrected chi connectivity index (χ3v) is 3.22. The van der Waals surface area contributed by atoms with E-state index in [9.17, 15) is 4.79 Å². The molecule has 0 amide bonds. The van der Waals surface area contributed by atoms with Crippen LogP contribution in [-0.4, -0.2) is 30.1 Å². The zero-order valence-electron chi connectivity index (χ0n) is 13.4. The van der Waals surface area contributed by atoms with Crippen LogP contribution in [0.3, 0.4) is 0 Å². The van der Waals surface area contributed by atoms with Gasteiger partial charge in [0, 0.05) is 5.56 Å². The van der Waals surface area contributed by atoms with Gasteiger partial charge in [-0.3, -0.25) is 4.79 Å². The topological polar surface area (TPSA) is 62.7 Å². The standard InChI is InChI=1S/C18H19N3O2S/c1-2-23-16(22)13-19-18(24)21-17(14-9-5-3-6-10-14)20-15-11-7-4-8-12-15/h3-12H,2,13H2,1H3,(H2,19,20,21,24). The van der Waals surface area contributed by atoms with Crippen LogP contribution >= 0.6 is 12.2 Å². The highest BCUT2D eigenvalue weighted by atomic mass is 32.1. The van der Waals surface area contributed by atoms with Gasteiger partial charge in [-0.25, -0.2) is 4.99 Å². The molecule has 0 aliphatic heterocycles.